The number of unbranched alkanes of at least 4 members (excludes halogenated alkanes) is 38. The number of hydrogen-bond donors (Lipinski definition) is 4. The third kappa shape index (κ3) is 51.7. The largest absolute Gasteiger partial charge is 0.394 e. The summed E-state index contributed by atoms with van der Waals surface area (Å²) in [6.45, 7) is 4.17. The highest BCUT2D eigenvalue weighted by Crippen LogP contribution is 2.17. The quantitative estimate of drug-likeness (QED) is 0.0361. The third-order valence-electron chi connectivity index (χ3n) is 13.6. The Bertz CT molecular complexity index is 1130. The van der Waals surface area contributed by atoms with Crippen LogP contribution in [0.25, 0.3) is 0 Å². The van der Waals surface area contributed by atoms with Crippen LogP contribution < -0.4 is 5.32 Å². The molecular weight excluding hydrogens is 823 g/mol. The fourth-order valence-corrected chi connectivity index (χ4v) is 8.96. The predicted octanol–water partition coefficient (Wildman–Crippen LogP) is 18.6. The van der Waals surface area contributed by atoms with Crippen molar-refractivity contribution in [1.29, 1.82) is 0 Å². The van der Waals surface area contributed by atoms with Crippen LogP contribution in [0.4, 0.5) is 0 Å². The number of allylic oxidation sites excluding steroid dienone is 9. The average Bonchev–Trinajstić information content (AvgIpc) is 3.33. The predicted molar refractivity (Wildman–Crippen MR) is 296 cm³/mol. The number of rotatable bonds is 54. The summed E-state index contributed by atoms with van der Waals surface area (Å²) in [5, 5.41) is 33.3. The van der Waals surface area contributed by atoms with Gasteiger partial charge >= 0.3 is 0 Å². The Morgan fingerprint density at radius 3 is 1.00 bits per heavy atom. The zero-order valence-electron chi connectivity index (χ0n) is 44.8. The molecule has 3 atom stereocenters. The number of carbonyl (C=O) groups is 1. The second-order valence-electron chi connectivity index (χ2n) is 20.2. The Hall–Kier alpha value is -1.95. The topological polar surface area (TPSA) is 89.8 Å². The van der Waals surface area contributed by atoms with Crippen molar-refractivity contribution in [3.05, 3.63) is 60.8 Å². The molecule has 4 N–H and O–H groups in total. The van der Waals surface area contributed by atoms with Crippen molar-refractivity contribution in [2.75, 3.05) is 6.61 Å². The molecule has 0 aromatic carbocycles. The first-order chi connectivity index (χ1) is 33.1. The lowest BCUT2D eigenvalue weighted by Crippen LogP contribution is -2.48. The van der Waals surface area contributed by atoms with Crippen molar-refractivity contribution in [3.8, 4) is 0 Å². The van der Waals surface area contributed by atoms with Gasteiger partial charge in [-0.15, -0.1) is 0 Å². The minimum atomic E-state index is -1.11. The maximum absolute atomic E-state index is 12.5. The van der Waals surface area contributed by atoms with E-state index in [1.165, 1.54) is 231 Å². The average molecular weight is 939 g/mol. The first-order valence-electron chi connectivity index (χ1n) is 29.6. The molecule has 0 aliphatic heterocycles. The number of aliphatic hydroxyl groups is 3. The van der Waals surface area contributed by atoms with Gasteiger partial charge in [0.05, 0.1) is 18.8 Å². The lowest BCUT2D eigenvalue weighted by molar-refractivity contribution is -0.131. The standard InChI is InChI=1S/C62H115NO4/c1-3-5-7-9-11-13-15-17-19-20-21-22-23-24-25-26-27-28-29-30-31-32-33-34-35-36-37-38-39-40-41-43-45-47-49-51-53-55-57-61(66)62(67)63-59(58-64)60(65)56-54-52-50-48-46-44-42-18-16-14-12-10-8-6-4-2/h16,18,27-28,30-31,46,48,54,56,59-61,64-66H,3-15,17,19-26,29,32-45,47,49-53,55,57-58H2,1-2H3,(H,63,67)/b18-16+,28-27-,31-30-,48-46+,56-54+. The van der Waals surface area contributed by atoms with Gasteiger partial charge in [-0.2, -0.15) is 0 Å². The van der Waals surface area contributed by atoms with E-state index in [1.807, 2.05) is 6.08 Å². The summed E-state index contributed by atoms with van der Waals surface area (Å²) < 4.78 is 0. The maximum atomic E-state index is 12.5. The molecule has 0 fully saturated rings. The first kappa shape index (κ1) is 65.0. The highest BCUT2D eigenvalue weighted by Gasteiger charge is 2.22. The lowest BCUT2D eigenvalue weighted by Gasteiger charge is -2.21. The molecule has 0 saturated heterocycles. The molecule has 5 nitrogen and oxygen atoms in total. The zero-order valence-corrected chi connectivity index (χ0v) is 44.8. The van der Waals surface area contributed by atoms with Gasteiger partial charge in [0.1, 0.15) is 6.10 Å². The van der Waals surface area contributed by atoms with E-state index in [0.29, 0.717) is 6.42 Å². The monoisotopic (exact) mass is 938 g/mol. The highest BCUT2D eigenvalue weighted by atomic mass is 16.3. The molecule has 0 spiro atoms. The summed E-state index contributed by atoms with van der Waals surface area (Å²) in [4.78, 5) is 12.5. The summed E-state index contributed by atoms with van der Waals surface area (Å²) in [7, 11) is 0. The molecule has 5 heteroatoms. The van der Waals surface area contributed by atoms with Gasteiger partial charge in [-0.25, -0.2) is 0 Å². The van der Waals surface area contributed by atoms with Gasteiger partial charge in [0.15, 0.2) is 0 Å². The molecule has 0 aromatic rings. The molecule has 67 heavy (non-hydrogen) atoms. The molecule has 0 saturated carbocycles. The van der Waals surface area contributed by atoms with Crippen LogP contribution in [0.2, 0.25) is 0 Å². The Balaban J connectivity index is 3.53. The molecule has 392 valence electrons. The third-order valence-corrected chi connectivity index (χ3v) is 13.6. The molecule has 0 aliphatic rings. The van der Waals surface area contributed by atoms with Crippen LogP contribution in [0.3, 0.4) is 0 Å². The fourth-order valence-electron chi connectivity index (χ4n) is 8.96. The van der Waals surface area contributed by atoms with E-state index in [1.54, 1.807) is 6.08 Å². The molecule has 3 unspecified atom stereocenters. The van der Waals surface area contributed by atoms with Crippen LogP contribution in [0.1, 0.15) is 303 Å². The van der Waals surface area contributed by atoms with Gasteiger partial charge in [-0.05, 0) is 77.0 Å². The number of hydrogen-bond acceptors (Lipinski definition) is 4. The summed E-state index contributed by atoms with van der Waals surface area (Å²) in [5.41, 5.74) is 0. The Morgan fingerprint density at radius 1 is 0.373 bits per heavy atom. The molecular formula is C62H115NO4. The number of carbonyl (C=O) groups excluding carboxylic acids is 1. The van der Waals surface area contributed by atoms with Crippen molar-refractivity contribution in [2.24, 2.45) is 0 Å². The molecule has 0 radical (unpaired) electrons. The molecule has 0 aromatic heterocycles. The van der Waals surface area contributed by atoms with Gasteiger partial charge in [-0.3, -0.25) is 4.79 Å². The Labute approximate surface area is 418 Å². The van der Waals surface area contributed by atoms with E-state index in [-0.39, 0.29) is 6.61 Å². The summed E-state index contributed by atoms with van der Waals surface area (Å²) in [6.07, 6.45) is 77.6. The minimum Gasteiger partial charge on any atom is -0.394 e. The normalized spacial score (nSPS) is 13.7. The zero-order chi connectivity index (χ0) is 48.6. The number of aliphatic hydroxyl groups excluding tert-OH is 3. The summed E-state index contributed by atoms with van der Waals surface area (Å²) in [6, 6.07) is -0.823. The number of nitrogens with one attached hydrogen (secondary N) is 1. The van der Waals surface area contributed by atoms with Gasteiger partial charge in [-0.1, -0.05) is 286 Å². The maximum Gasteiger partial charge on any atom is 0.249 e. The lowest BCUT2D eigenvalue weighted by atomic mass is 10.0. The molecule has 0 heterocycles. The van der Waals surface area contributed by atoms with E-state index in [4.69, 9.17) is 0 Å². The van der Waals surface area contributed by atoms with E-state index in [0.717, 1.165) is 51.4 Å². The molecule has 1 amide bonds. The first-order valence-corrected chi connectivity index (χ1v) is 29.6. The van der Waals surface area contributed by atoms with Crippen LogP contribution >= 0.6 is 0 Å². The fraction of sp³-hybridized carbons (Fsp3) is 0.823. The van der Waals surface area contributed by atoms with E-state index in [9.17, 15) is 20.1 Å². The van der Waals surface area contributed by atoms with Crippen LogP contribution in [0.5, 0.6) is 0 Å². The number of amides is 1. The summed E-state index contributed by atoms with van der Waals surface area (Å²) >= 11 is 0. The Kier molecular flexibility index (Phi) is 55.0. The van der Waals surface area contributed by atoms with Gasteiger partial charge in [0, 0.05) is 0 Å². The van der Waals surface area contributed by atoms with E-state index < -0.39 is 24.2 Å². The molecule has 0 aliphatic carbocycles. The van der Waals surface area contributed by atoms with Crippen molar-refractivity contribution in [1.82, 2.24) is 5.32 Å². The van der Waals surface area contributed by atoms with E-state index in [2.05, 4.69) is 67.8 Å². The smallest absolute Gasteiger partial charge is 0.249 e. The van der Waals surface area contributed by atoms with Crippen LogP contribution in [-0.2, 0) is 4.79 Å². The van der Waals surface area contributed by atoms with Gasteiger partial charge in [0.25, 0.3) is 0 Å². The van der Waals surface area contributed by atoms with Gasteiger partial charge < -0.3 is 20.6 Å². The van der Waals surface area contributed by atoms with Gasteiger partial charge in [0.2, 0.25) is 5.91 Å². The highest BCUT2D eigenvalue weighted by molar-refractivity contribution is 5.80. The SMILES string of the molecule is CCCCCCC/C=C/CC/C=C/CC/C=C/C(O)C(CO)NC(=O)C(O)CCCCCCCCCCCCCCCCCC/C=C\C/C=C\CCCCCCCCCCCCCCCCC. The Morgan fingerprint density at radius 2 is 0.657 bits per heavy atom. The minimum absolute atomic E-state index is 0.382. The van der Waals surface area contributed by atoms with Crippen LogP contribution in [-0.4, -0.2) is 46.1 Å². The van der Waals surface area contributed by atoms with E-state index >= 15 is 0 Å². The van der Waals surface area contributed by atoms with Crippen molar-refractivity contribution < 1.29 is 20.1 Å². The van der Waals surface area contributed by atoms with Crippen LogP contribution in [0.15, 0.2) is 60.8 Å². The second-order valence-corrected chi connectivity index (χ2v) is 20.2. The molecule has 0 rings (SSSR count). The molecule has 0 bridgehead atoms. The van der Waals surface area contributed by atoms with Crippen molar-refractivity contribution in [2.45, 2.75) is 321 Å². The summed E-state index contributed by atoms with van der Waals surface area (Å²) in [5.74, 6) is -0.516. The van der Waals surface area contributed by atoms with Crippen molar-refractivity contribution in [3.63, 3.8) is 0 Å². The van der Waals surface area contributed by atoms with Crippen LogP contribution in [0, 0.1) is 0 Å². The second kappa shape index (κ2) is 56.6. The van der Waals surface area contributed by atoms with Crippen molar-refractivity contribution >= 4 is 5.91 Å².